The molecule has 2 aromatic heterocycles. The maximum absolute atomic E-state index is 2.49. The number of nitrogens with zero attached hydrogens (tertiary/aromatic N) is 2. The first-order chi connectivity index (χ1) is 17.1. The van der Waals surface area contributed by atoms with Crippen molar-refractivity contribution < 1.29 is 0 Å². The summed E-state index contributed by atoms with van der Waals surface area (Å²) in [5.41, 5.74) is 11.4. The van der Waals surface area contributed by atoms with Gasteiger partial charge in [0.25, 0.3) is 0 Å². The predicted octanol–water partition coefficient (Wildman–Crippen LogP) is 8.81. The van der Waals surface area contributed by atoms with Crippen molar-refractivity contribution in [2.75, 3.05) is 0 Å². The fourth-order valence-electron chi connectivity index (χ4n) is 6.03. The SMILES string of the molecule is Cc1cccc(C)c1-n1c2ccccc2c2ccc(-n3c4ccccc4c4ccccc43)c(C)c21. The molecule has 0 saturated heterocycles. The molecule has 2 nitrogen and oxygen atoms in total. The fourth-order valence-corrected chi connectivity index (χ4v) is 6.03. The summed E-state index contributed by atoms with van der Waals surface area (Å²) < 4.78 is 4.92. The molecule has 0 unspecified atom stereocenters. The number of hydrogen-bond donors (Lipinski definition) is 0. The molecule has 0 saturated carbocycles. The molecule has 2 heteroatoms. The molecule has 168 valence electrons. The molecule has 0 aliphatic carbocycles. The highest BCUT2D eigenvalue weighted by molar-refractivity contribution is 6.13. The van der Waals surface area contributed by atoms with Crippen LogP contribution in [0, 0.1) is 20.8 Å². The average molecular weight is 451 g/mol. The summed E-state index contributed by atoms with van der Waals surface area (Å²) >= 11 is 0. The smallest absolute Gasteiger partial charge is 0.0591 e. The number of aryl methyl sites for hydroxylation is 3. The van der Waals surface area contributed by atoms with E-state index < -0.39 is 0 Å². The lowest BCUT2D eigenvalue weighted by Crippen LogP contribution is -2.03. The molecule has 7 aromatic rings. The van der Waals surface area contributed by atoms with Gasteiger partial charge in [-0.2, -0.15) is 0 Å². The average Bonchev–Trinajstić information content (AvgIpc) is 3.39. The zero-order chi connectivity index (χ0) is 23.7. The highest BCUT2D eigenvalue weighted by Gasteiger charge is 2.20. The Hall–Kier alpha value is -4.30. The molecule has 7 rings (SSSR count). The van der Waals surface area contributed by atoms with Gasteiger partial charge in [0.05, 0.1) is 33.4 Å². The van der Waals surface area contributed by atoms with E-state index in [2.05, 4.69) is 133 Å². The highest BCUT2D eigenvalue weighted by Crippen LogP contribution is 2.40. The van der Waals surface area contributed by atoms with Gasteiger partial charge in [-0.15, -0.1) is 0 Å². The van der Waals surface area contributed by atoms with Crippen molar-refractivity contribution in [2.45, 2.75) is 20.8 Å². The van der Waals surface area contributed by atoms with E-state index in [1.165, 1.54) is 71.7 Å². The standard InChI is InChI=1S/C33H26N2/c1-21-11-10-12-22(2)32(21)35-31-18-9-6-15-26(31)27-19-20-28(23(3)33(27)35)34-29-16-7-4-13-24(29)25-14-5-8-17-30(25)34/h4-20H,1-3H3. The zero-order valence-electron chi connectivity index (χ0n) is 20.2. The topological polar surface area (TPSA) is 9.86 Å². The summed E-state index contributed by atoms with van der Waals surface area (Å²) in [5.74, 6) is 0. The minimum Gasteiger partial charge on any atom is -0.309 e. The minimum absolute atomic E-state index is 1.23. The number of rotatable bonds is 2. The van der Waals surface area contributed by atoms with Crippen LogP contribution in [0.4, 0.5) is 0 Å². The Kier molecular flexibility index (Phi) is 4.22. The van der Waals surface area contributed by atoms with Crippen LogP contribution in [0.5, 0.6) is 0 Å². The van der Waals surface area contributed by atoms with Crippen LogP contribution < -0.4 is 0 Å². The molecule has 0 radical (unpaired) electrons. The highest BCUT2D eigenvalue weighted by atomic mass is 15.0. The van der Waals surface area contributed by atoms with Gasteiger partial charge in [0.2, 0.25) is 0 Å². The normalized spacial score (nSPS) is 11.9. The second-order valence-electron chi connectivity index (χ2n) is 9.57. The van der Waals surface area contributed by atoms with E-state index in [4.69, 9.17) is 0 Å². The molecule has 0 amide bonds. The number of benzene rings is 5. The Bertz CT molecular complexity index is 1860. The van der Waals surface area contributed by atoms with E-state index >= 15 is 0 Å². The summed E-state index contributed by atoms with van der Waals surface area (Å²) in [6.45, 7) is 6.72. The maximum atomic E-state index is 2.49. The van der Waals surface area contributed by atoms with Gasteiger partial charge in [-0.25, -0.2) is 0 Å². The van der Waals surface area contributed by atoms with Crippen molar-refractivity contribution in [3.8, 4) is 11.4 Å². The van der Waals surface area contributed by atoms with Crippen molar-refractivity contribution in [3.63, 3.8) is 0 Å². The maximum Gasteiger partial charge on any atom is 0.0591 e. The molecule has 35 heavy (non-hydrogen) atoms. The van der Waals surface area contributed by atoms with Gasteiger partial charge < -0.3 is 9.13 Å². The molecule has 0 fully saturated rings. The van der Waals surface area contributed by atoms with Crippen LogP contribution in [0.3, 0.4) is 0 Å². The Morgan fingerprint density at radius 1 is 0.429 bits per heavy atom. The predicted molar refractivity (Wildman–Crippen MR) is 149 cm³/mol. The lowest BCUT2D eigenvalue weighted by molar-refractivity contribution is 1.10. The van der Waals surface area contributed by atoms with Crippen LogP contribution in [0.1, 0.15) is 16.7 Å². The molecule has 0 N–H and O–H groups in total. The minimum atomic E-state index is 1.23. The Morgan fingerprint density at radius 3 is 1.49 bits per heavy atom. The molecule has 0 atom stereocenters. The summed E-state index contributed by atoms with van der Waals surface area (Å²) in [6.07, 6.45) is 0. The lowest BCUT2D eigenvalue weighted by Gasteiger charge is -2.17. The van der Waals surface area contributed by atoms with E-state index in [-0.39, 0.29) is 0 Å². The van der Waals surface area contributed by atoms with Crippen molar-refractivity contribution in [2.24, 2.45) is 0 Å². The van der Waals surface area contributed by atoms with Crippen LogP contribution in [-0.2, 0) is 0 Å². The summed E-state index contributed by atoms with van der Waals surface area (Å²) in [6, 6.07) is 37.5. The van der Waals surface area contributed by atoms with Crippen LogP contribution in [-0.4, -0.2) is 9.13 Å². The Labute approximate surface area is 204 Å². The van der Waals surface area contributed by atoms with Gasteiger partial charge in [0.1, 0.15) is 0 Å². The number of hydrogen-bond acceptors (Lipinski definition) is 0. The summed E-state index contributed by atoms with van der Waals surface area (Å²) in [4.78, 5) is 0. The van der Waals surface area contributed by atoms with Gasteiger partial charge >= 0.3 is 0 Å². The second kappa shape index (κ2) is 7.35. The molecule has 0 aliphatic rings. The fraction of sp³-hybridized carbons (Fsp3) is 0.0909. The van der Waals surface area contributed by atoms with Crippen LogP contribution in [0.15, 0.2) is 103 Å². The molecule has 0 bridgehead atoms. The van der Waals surface area contributed by atoms with E-state index in [0.717, 1.165) is 0 Å². The van der Waals surface area contributed by atoms with Gasteiger partial charge in [-0.3, -0.25) is 0 Å². The zero-order valence-corrected chi connectivity index (χ0v) is 20.2. The lowest BCUT2D eigenvalue weighted by atomic mass is 10.1. The van der Waals surface area contributed by atoms with E-state index in [0.29, 0.717) is 0 Å². The Balaban J connectivity index is 1.68. The third kappa shape index (κ3) is 2.71. The van der Waals surface area contributed by atoms with Crippen molar-refractivity contribution >= 4 is 43.6 Å². The first-order valence-electron chi connectivity index (χ1n) is 12.2. The van der Waals surface area contributed by atoms with Gasteiger partial charge in [-0.1, -0.05) is 78.9 Å². The second-order valence-corrected chi connectivity index (χ2v) is 9.57. The van der Waals surface area contributed by atoms with Gasteiger partial charge in [0, 0.05) is 21.5 Å². The van der Waals surface area contributed by atoms with E-state index in [1.54, 1.807) is 0 Å². The van der Waals surface area contributed by atoms with Crippen LogP contribution >= 0.6 is 0 Å². The van der Waals surface area contributed by atoms with Crippen molar-refractivity contribution in [1.29, 1.82) is 0 Å². The van der Waals surface area contributed by atoms with Crippen LogP contribution in [0.25, 0.3) is 55.0 Å². The molecular weight excluding hydrogens is 424 g/mol. The van der Waals surface area contributed by atoms with Gasteiger partial charge in [0.15, 0.2) is 0 Å². The van der Waals surface area contributed by atoms with E-state index in [1.807, 2.05) is 0 Å². The summed E-state index contributed by atoms with van der Waals surface area (Å²) in [5, 5.41) is 5.17. The van der Waals surface area contributed by atoms with E-state index in [9.17, 15) is 0 Å². The Morgan fingerprint density at radius 2 is 0.914 bits per heavy atom. The third-order valence-corrected chi connectivity index (χ3v) is 7.55. The third-order valence-electron chi connectivity index (χ3n) is 7.55. The molecule has 0 aliphatic heterocycles. The molecule has 2 heterocycles. The number of aromatic nitrogens is 2. The van der Waals surface area contributed by atoms with Gasteiger partial charge in [-0.05, 0) is 61.7 Å². The molecule has 5 aromatic carbocycles. The largest absolute Gasteiger partial charge is 0.309 e. The monoisotopic (exact) mass is 450 g/mol. The quantitative estimate of drug-likeness (QED) is 0.249. The summed E-state index contributed by atoms with van der Waals surface area (Å²) in [7, 11) is 0. The van der Waals surface area contributed by atoms with Crippen molar-refractivity contribution in [3.05, 3.63) is 120 Å². The van der Waals surface area contributed by atoms with Crippen LogP contribution in [0.2, 0.25) is 0 Å². The molecular formula is C33H26N2. The first kappa shape index (κ1) is 20.1. The number of fused-ring (bicyclic) bond motifs is 6. The number of para-hydroxylation sites is 4. The van der Waals surface area contributed by atoms with Crippen molar-refractivity contribution in [1.82, 2.24) is 9.13 Å². The first-order valence-corrected chi connectivity index (χ1v) is 12.2. The molecule has 0 spiro atoms.